The van der Waals surface area contributed by atoms with Gasteiger partial charge in [0.2, 0.25) is 0 Å². The Hall–Kier alpha value is -1.74. The summed E-state index contributed by atoms with van der Waals surface area (Å²) in [5.41, 5.74) is 2.94. The smallest absolute Gasteiger partial charge is 0.264 e. The molecule has 4 heteroatoms. The number of pyridine rings is 1. The molecule has 0 unspecified atom stereocenters. The van der Waals surface area contributed by atoms with E-state index < -0.39 is 0 Å². The van der Waals surface area contributed by atoms with E-state index in [1.165, 1.54) is 0 Å². The van der Waals surface area contributed by atoms with E-state index in [-0.39, 0.29) is 12.2 Å². The largest absolute Gasteiger partial charge is 0.481 e. The number of hydrogen-bond donors (Lipinski definition) is 0. The Kier molecular flexibility index (Phi) is 4.50. The van der Waals surface area contributed by atoms with Crippen LogP contribution in [0.3, 0.4) is 0 Å². The standard InChI is InChI=1S/C16H14INO2/c1-4-9-20-12-5-6-13(11(2)10-12)15-8-7-14(17)16(19)18(15)3/h1,5-8,10H,9H2,2-3H3. The summed E-state index contributed by atoms with van der Waals surface area (Å²) < 4.78 is 7.76. The van der Waals surface area contributed by atoms with Crippen molar-refractivity contribution in [1.29, 1.82) is 0 Å². The van der Waals surface area contributed by atoms with Crippen LogP contribution in [0.2, 0.25) is 0 Å². The maximum atomic E-state index is 12.0. The second-order valence-electron chi connectivity index (χ2n) is 4.40. The van der Waals surface area contributed by atoms with Crippen LogP contribution < -0.4 is 10.3 Å². The minimum absolute atomic E-state index is 0.00941. The van der Waals surface area contributed by atoms with Crippen LogP contribution in [0.5, 0.6) is 5.75 Å². The van der Waals surface area contributed by atoms with Crippen molar-refractivity contribution in [3.05, 3.63) is 49.8 Å². The van der Waals surface area contributed by atoms with Gasteiger partial charge in [-0.25, -0.2) is 0 Å². The molecule has 0 aliphatic heterocycles. The normalized spacial score (nSPS) is 10.1. The summed E-state index contributed by atoms with van der Waals surface area (Å²) in [4.78, 5) is 12.0. The first kappa shape index (κ1) is 14.7. The molecule has 0 fully saturated rings. The van der Waals surface area contributed by atoms with Crippen molar-refractivity contribution in [3.63, 3.8) is 0 Å². The lowest BCUT2D eigenvalue weighted by molar-refractivity contribution is 0.370. The van der Waals surface area contributed by atoms with Crippen LogP contribution in [0.1, 0.15) is 5.56 Å². The lowest BCUT2D eigenvalue weighted by atomic mass is 10.0. The van der Waals surface area contributed by atoms with Crippen molar-refractivity contribution in [3.8, 4) is 29.4 Å². The van der Waals surface area contributed by atoms with Gasteiger partial charge in [-0.2, -0.15) is 0 Å². The maximum Gasteiger partial charge on any atom is 0.264 e. The van der Waals surface area contributed by atoms with Crippen LogP contribution >= 0.6 is 22.6 Å². The molecule has 2 aromatic rings. The Morgan fingerprint density at radius 2 is 2.10 bits per heavy atom. The molecule has 0 aliphatic carbocycles. The van der Waals surface area contributed by atoms with Crippen molar-refractivity contribution in [2.45, 2.75) is 6.92 Å². The number of terminal acetylenes is 1. The molecule has 1 aromatic heterocycles. The first-order chi connectivity index (χ1) is 9.54. The van der Waals surface area contributed by atoms with E-state index in [0.717, 1.165) is 22.6 Å². The molecule has 0 saturated heterocycles. The highest BCUT2D eigenvalue weighted by Crippen LogP contribution is 2.26. The summed E-state index contributed by atoms with van der Waals surface area (Å²) in [6.45, 7) is 2.24. The molecule has 102 valence electrons. The van der Waals surface area contributed by atoms with Gasteiger partial charge in [0, 0.05) is 12.6 Å². The lowest BCUT2D eigenvalue weighted by Gasteiger charge is -2.12. The first-order valence-electron chi connectivity index (χ1n) is 6.07. The van der Waals surface area contributed by atoms with Crippen LogP contribution in [-0.4, -0.2) is 11.2 Å². The van der Waals surface area contributed by atoms with Gasteiger partial charge in [0.25, 0.3) is 5.56 Å². The van der Waals surface area contributed by atoms with Gasteiger partial charge < -0.3 is 9.30 Å². The number of aryl methyl sites for hydroxylation is 1. The van der Waals surface area contributed by atoms with E-state index in [1.807, 2.05) is 59.8 Å². The van der Waals surface area contributed by atoms with E-state index in [0.29, 0.717) is 3.57 Å². The number of hydrogen-bond acceptors (Lipinski definition) is 2. The van der Waals surface area contributed by atoms with Crippen molar-refractivity contribution in [1.82, 2.24) is 4.57 Å². The molecule has 20 heavy (non-hydrogen) atoms. The SMILES string of the molecule is C#CCOc1ccc(-c2ccc(I)c(=O)n2C)c(C)c1. The van der Waals surface area contributed by atoms with E-state index in [2.05, 4.69) is 5.92 Å². The van der Waals surface area contributed by atoms with Crippen LogP contribution in [0.25, 0.3) is 11.3 Å². The highest BCUT2D eigenvalue weighted by atomic mass is 127. The molecule has 2 rings (SSSR count). The summed E-state index contributed by atoms with van der Waals surface area (Å²) >= 11 is 2.04. The summed E-state index contributed by atoms with van der Waals surface area (Å²) in [7, 11) is 1.78. The molecule has 0 N–H and O–H groups in total. The molecular weight excluding hydrogens is 365 g/mol. The fourth-order valence-electron chi connectivity index (χ4n) is 2.01. The monoisotopic (exact) mass is 379 g/mol. The van der Waals surface area contributed by atoms with Crippen LogP contribution in [0.15, 0.2) is 35.1 Å². The second kappa shape index (κ2) is 6.14. The number of benzene rings is 1. The highest BCUT2D eigenvalue weighted by molar-refractivity contribution is 14.1. The molecule has 0 spiro atoms. The number of ether oxygens (including phenoxy) is 1. The van der Waals surface area contributed by atoms with E-state index in [4.69, 9.17) is 11.2 Å². The van der Waals surface area contributed by atoms with Crippen molar-refractivity contribution < 1.29 is 4.74 Å². The average molecular weight is 379 g/mol. The zero-order valence-electron chi connectivity index (χ0n) is 11.3. The Morgan fingerprint density at radius 3 is 2.75 bits per heavy atom. The fraction of sp³-hybridized carbons (Fsp3) is 0.188. The fourth-order valence-corrected chi connectivity index (χ4v) is 2.56. The quantitative estimate of drug-likeness (QED) is 0.607. The van der Waals surface area contributed by atoms with Crippen LogP contribution in [0, 0.1) is 22.8 Å². The van der Waals surface area contributed by atoms with Crippen molar-refractivity contribution >= 4 is 22.6 Å². The number of rotatable bonds is 3. The maximum absolute atomic E-state index is 12.0. The number of nitrogens with zero attached hydrogens (tertiary/aromatic N) is 1. The van der Waals surface area contributed by atoms with Gasteiger partial charge in [-0.05, 0) is 65.4 Å². The predicted molar refractivity (Wildman–Crippen MR) is 88.9 cm³/mol. The molecule has 0 aliphatic rings. The molecule has 1 aromatic carbocycles. The number of aromatic nitrogens is 1. The van der Waals surface area contributed by atoms with Gasteiger partial charge in [0.05, 0.1) is 9.26 Å². The van der Waals surface area contributed by atoms with Gasteiger partial charge in [-0.1, -0.05) is 5.92 Å². The minimum atomic E-state index is 0.00941. The zero-order chi connectivity index (χ0) is 14.7. The third-order valence-corrected chi connectivity index (χ3v) is 3.87. The van der Waals surface area contributed by atoms with Crippen LogP contribution in [-0.2, 0) is 7.05 Å². The van der Waals surface area contributed by atoms with E-state index >= 15 is 0 Å². The third kappa shape index (κ3) is 2.88. The highest BCUT2D eigenvalue weighted by Gasteiger charge is 2.09. The third-order valence-electron chi connectivity index (χ3n) is 3.05. The van der Waals surface area contributed by atoms with E-state index in [1.54, 1.807) is 11.6 Å². The Labute approximate surface area is 131 Å². The van der Waals surface area contributed by atoms with Gasteiger partial charge in [0.1, 0.15) is 12.4 Å². The minimum Gasteiger partial charge on any atom is -0.481 e. The Bertz CT molecular complexity index is 741. The second-order valence-corrected chi connectivity index (χ2v) is 5.56. The van der Waals surface area contributed by atoms with Crippen LogP contribution in [0.4, 0.5) is 0 Å². The molecule has 3 nitrogen and oxygen atoms in total. The summed E-state index contributed by atoms with van der Waals surface area (Å²) in [5.74, 6) is 3.17. The average Bonchev–Trinajstić information content (AvgIpc) is 2.44. The Balaban J connectivity index is 2.47. The first-order valence-corrected chi connectivity index (χ1v) is 7.15. The van der Waals surface area contributed by atoms with Gasteiger partial charge in [0.15, 0.2) is 0 Å². The molecule has 1 heterocycles. The summed E-state index contributed by atoms with van der Waals surface area (Å²) in [6, 6.07) is 9.52. The lowest BCUT2D eigenvalue weighted by Crippen LogP contribution is -2.20. The molecule has 0 radical (unpaired) electrons. The summed E-state index contributed by atoms with van der Waals surface area (Å²) in [6.07, 6.45) is 5.17. The van der Waals surface area contributed by atoms with Gasteiger partial charge in [-0.3, -0.25) is 4.79 Å². The Morgan fingerprint density at radius 1 is 1.35 bits per heavy atom. The zero-order valence-corrected chi connectivity index (χ0v) is 13.5. The molecule has 0 saturated carbocycles. The van der Waals surface area contributed by atoms with Gasteiger partial charge in [-0.15, -0.1) is 6.42 Å². The number of halogens is 1. The molecule has 0 bridgehead atoms. The molecule has 0 atom stereocenters. The summed E-state index contributed by atoms with van der Waals surface area (Å²) in [5, 5.41) is 0. The van der Waals surface area contributed by atoms with E-state index in [9.17, 15) is 4.79 Å². The topological polar surface area (TPSA) is 31.2 Å². The molecular formula is C16H14INO2. The van der Waals surface area contributed by atoms with Gasteiger partial charge >= 0.3 is 0 Å². The van der Waals surface area contributed by atoms with Crippen molar-refractivity contribution in [2.75, 3.05) is 6.61 Å². The predicted octanol–water partition coefficient (Wildman–Crippen LogP) is 2.98. The molecule has 0 amide bonds. The van der Waals surface area contributed by atoms with Crippen molar-refractivity contribution in [2.24, 2.45) is 7.05 Å².